The zero-order chi connectivity index (χ0) is 15.6. The van der Waals surface area contributed by atoms with Crippen molar-refractivity contribution in [2.75, 3.05) is 24.7 Å². The van der Waals surface area contributed by atoms with Crippen molar-refractivity contribution in [1.29, 1.82) is 0 Å². The maximum atomic E-state index is 11.9. The average molecular weight is 307 g/mol. The largest absolute Gasteiger partial charge is 0.616 e. The summed E-state index contributed by atoms with van der Waals surface area (Å²) in [5.41, 5.74) is 0.310. The molecule has 0 saturated carbocycles. The third-order valence-electron chi connectivity index (χ3n) is 4.03. The highest BCUT2D eigenvalue weighted by Crippen LogP contribution is 2.28. The molecule has 0 heterocycles. The van der Waals surface area contributed by atoms with Crippen molar-refractivity contribution in [3.05, 3.63) is 0 Å². The molecule has 0 aromatic heterocycles. The fourth-order valence-electron chi connectivity index (χ4n) is 2.38. The summed E-state index contributed by atoms with van der Waals surface area (Å²) in [6.45, 7) is 9.09. The van der Waals surface area contributed by atoms with Gasteiger partial charge in [0.2, 0.25) is 0 Å². The van der Waals surface area contributed by atoms with E-state index in [1.54, 1.807) is 0 Å². The average Bonchev–Trinajstić information content (AvgIpc) is 2.27. The van der Waals surface area contributed by atoms with Gasteiger partial charge < -0.3 is 14.8 Å². The van der Waals surface area contributed by atoms with E-state index in [0.717, 1.165) is 50.0 Å². The molecule has 0 bridgehead atoms. The summed E-state index contributed by atoms with van der Waals surface area (Å²) in [5.74, 6) is 1.55. The zero-order valence-electron chi connectivity index (χ0n) is 13.8. The van der Waals surface area contributed by atoms with E-state index < -0.39 is 11.2 Å². The first-order chi connectivity index (χ1) is 9.22. The molecule has 0 spiro atoms. The number of hydrogen-bond acceptors (Lipinski definition) is 3. The van der Waals surface area contributed by atoms with Crippen molar-refractivity contribution in [1.82, 2.24) is 0 Å². The lowest BCUT2D eigenvalue weighted by atomic mass is 9.85. The van der Waals surface area contributed by atoms with Crippen LogP contribution in [-0.2, 0) is 11.2 Å². The second-order valence-electron chi connectivity index (χ2n) is 7.33. The summed E-state index contributed by atoms with van der Waals surface area (Å²) in [5, 5.41) is 17.9. The first-order valence-corrected chi connectivity index (χ1v) is 9.28. The highest BCUT2D eigenvalue weighted by Gasteiger charge is 2.20. The second-order valence-corrected chi connectivity index (χ2v) is 9.03. The van der Waals surface area contributed by atoms with E-state index in [-0.39, 0.29) is 24.0 Å². The molecule has 0 aliphatic heterocycles. The molecule has 0 aliphatic rings. The van der Waals surface area contributed by atoms with Crippen LogP contribution in [0.4, 0.5) is 0 Å². The van der Waals surface area contributed by atoms with Gasteiger partial charge in [0.15, 0.2) is 0 Å². The molecule has 0 atom stereocenters. The molecule has 0 saturated heterocycles. The minimum Gasteiger partial charge on any atom is -0.616 e. The van der Waals surface area contributed by atoms with Crippen LogP contribution in [0.25, 0.3) is 0 Å². The van der Waals surface area contributed by atoms with E-state index in [9.17, 15) is 4.55 Å². The van der Waals surface area contributed by atoms with Gasteiger partial charge in [-0.2, -0.15) is 0 Å². The van der Waals surface area contributed by atoms with Gasteiger partial charge in [-0.3, -0.25) is 0 Å². The molecule has 0 rings (SSSR count). The quantitative estimate of drug-likeness (QED) is 0.545. The van der Waals surface area contributed by atoms with Crippen LogP contribution in [-0.4, -0.2) is 39.5 Å². The molecule has 0 amide bonds. The molecular weight excluding hydrogens is 272 g/mol. The van der Waals surface area contributed by atoms with Gasteiger partial charge in [0, 0.05) is 13.2 Å². The third kappa shape index (κ3) is 11.0. The fourth-order valence-corrected chi connectivity index (χ4v) is 3.52. The summed E-state index contributed by atoms with van der Waals surface area (Å²) in [4.78, 5) is 0. The molecule has 2 N–H and O–H groups in total. The number of rotatable bonds is 12. The lowest BCUT2D eigenvalue weighted by molar-refractivity contribution is 0.201. The Balaban J connectivity index is 3.72. The van der Waals surface area contributed by atoms with Gasteiger partial charge in [-0.25, -0.2) is 0 Å². The Morgan fingerprint density at radius 1 is 0.750 bits per heavy atom. The van der Waals surface area contributed by atoms with Crippen molar-refractivity contribution in [3.8, 4) is 0 Å². The summed E-state index contributed by atoms with van der Waals surface area (Å²) in [7, 11) is 0. The van der Waals surface area contributed by atoms with E-state index in [2.05, 4.69) is 27.7 Å². The molecule has 0 fully saturated rings. The van der Waals surface area contributed by atoms with Crippen molar-refractivity contribution in [2.45, 2.75) is 66.2 Å². The van der Waals surface area contributed by atoms with Crippen molar-refractivity contribution in [3.63, 3.8) is 0 Å². The Kier molecular flexibility index (Phi) is 10.2. The highest BCUT2D eigenvalue weighted by atomic mass is 32.2. The first kappa shape index (κ1) is 20.2. The lowest BCUT2D eigenvalue weighted by Gasteiger charge is -2.24. The molecule has 0 aliphatic carbocycles. The summed E-state index contributed by atoms with van der Waals surface area (Å²) in [6.07, 6.45) is 5.62. The van der Waals surface area contributed by atoms with Gasteiger partial charge in [-0.05, 0) is 49.4 Å². The molecule has 0 aromatic carbocycles. The number of aliphatic hydroxyl groups excluding tert-OH is 2. The monoisotopic (exact) mass is 306 g/mol. The van der Waals surface area contributed by atoms with Crippen LogP contribution >= 0.6 is 0 Å². The Labute approximate surface area is 128 Å². The molecular formula is C16H34O3S. The summed E-state index contributed by atoms with van der Waals surface area (Å²) < 4.78 is 11.9. The van der Waals surface area contributed by atoms with Gasteiger partial charge in [0.25, 0.3) is 0 Å². The maximum Gasteiger partial charge on any atom is 0.105 e. The van der Waals surface area contributed by atoms with Gasteiger partial charge in [-0.15, -0.1) is 0 Å². The lowest BCUT2D eigenvalue weighted by Crippen LogP contribution is -2.19. The van der Waals surface area contributed by atoms with E-state index in [1.807, 2.05) is 0 Å². The van der Waals surface area contributed by atoms with Crippen molar-refractivity contribution in [2.24, 2.45) is 10.8 Å². The van der Waals surface area contributed by atoms with Crippen LogP contribution in [0, 0.1) is 10.8 Å². The Morgan fingerprint density at radius 2 is 1.10 bits per heavy atom. The Hall–Kier alpha value is 0.230. The van der Waals surface area contributed by atoms with Gasteiger partial charge in [0.1, 0.15) is 11.5 Å². The Bertz CT molecular complexity index is 218. The molecule has 20 heavy (non-hydrogen) atoms. The van der Waals surface area contributed by atoms with Gasteiger partial charge in [0.05, 0.1) is 0 Å². The summed E-state index contributed by atoms with van der Waals surface area (Å²) in [6, 6.07) is 0. The minimum atomic E-state index is -0.722. The first-order valence-electron chi connectivity index (χ1n) is 7.79. The van der Waals surface area contributed by atoms with Crippen LogP contribution in [0.5, 0.6) is 0 Å². The maximum absolute atomic E-state index is 11.9. The summed E-state index contributed by atoms with van der Waals surface area (Å²) >= 11 is -0.722. The minimum absolute atomic E-state index is 0.155. The number of hydrogen-bond donors (Lipinski definition) is 2. The van der Waals surface area contributed by atoms with Crippen LogP contribution in [0.1, 0.15) is 66.2 Å². The Morgan fingerprint density at radius 3 is 1.40 bits per heavy atom. The van der Waals surface area contributed by atoms with Crippen molar-refractivity contribution < 1.29 is 14.8 Å². The molecule has 122 valence electrons. The molecule has 0 unspecified atom stereocenters. The second kappa shape index (κ2) is 10.0. The molecule has 4 heteroatoms. The van der Waals surface area contributed by atoms with E-state index in [4.69, 9.17) is 10.2 Å². The fraction of sp³-hybridized carbons (Fsp3) is 1.00. The topological polar surface area (TPSA) is 63.5 Å². The van der Waals surface area contributed by atoms with Gasteiger partial charge >= 0.3 is 0 Å². The zero-order valence-corrected chi connectivity index (χ0v) is 14.6. The molecule has 3 nitrogen and oxygen atoms in total. The van der Waals surface area contributed by atoms with Crippen LogP contribution in [0.15, 0.2) is 0 Å². The standard InChI is InChI=1S/C16H34O3S/c1-15(2,9-11-17)7-5-13-20(19)14-6-8-16(3,4)10-12-18/h17-18H,5-14H2,1-4H3. The van der Waals surface area contributed by atoms with E-state index >= 15 is 0 Å². The van der Waals surface area contributed by atoms with Crippen LogP contribution < -0.4 is 0 Å². The predicted octanol–water partition coefficient (Wildman–Crippen LogP) is 3.11. The third-order valence-corrected chi connectivity index (χ3v) is 5.52. The van der Waals surface area contributed by atoms with E-state index in [0.29, 0.717) is 0 Å². The molecule has 0 radical (unpaired) electrons. The van der Waals surface area contributed by atoms with Crippen LogP contribution in [0.2, 0.25) is 0 Å². The number of aliphatic hydroxyl groups is 2. The van der Waals surface area contributed by atoms with Gasteiger partial charge in [-0.1, -0.05) is 38.9 Å². The van der Waals surface area contributed by atoms with Crippen LogP contribution in [0.3, 0.4) is 0 Å². The SMILES string of the molecule is CC(C)(CCO)CCC[S+]([O-])CCCC(C)(C)CCO. The molecule has 0 aromatic rings. The van der Waals surface area contributed by atoms with E-state index in [1.165, 1.54) is 0 Å². The normalized spacial score (nSPS) is 13.2. The smallest absolute Gasteiger partial charge is 0.105 e. The predicted molar refractivity (Wildman–Crippen MR) is 87.3 cm³/mol. The van der Waals surface area contributed by atoms with Crippen molar-refractivity contribution >= 4 is 11.2 Å². The highest BCUT2D eigenvalue weighted by molar-refractivity contribution is 7.91.